The SMILES string of the molecule is NC1CCCCCC1C(=O)C1=CCCCCCC1. The maximum Gasteiger partial charge on any atom is 0.163 e. The van der Waals surface area contributed by atoms with Gasteiger partial charge in [0, 0.05) is 12.0 Å². The summed E-state index contributed by atoms with van der Waals surface area (Å²) in [6.45, 7) is 0. The van der Waals surface area contributed by atoms with Gasteiger partial charge in [0.05, 0.1) is 0 Å². The number of Topliss-reactive ketones (excluding diaryl/α,β-unsaturated/α-hetero) is 1. The van der Waals surface area contributed by atoms with Gasteiger partial charge in [-0.3, -0.25) is 4.79 Å². The zero-order valence-electron chi connectivity index (χ0n) is 11.5. The number of carbonyl (C=O) groups is 1. The first-order chi connectivity index (χ1) is 8.79. The van der Waals surface area contributed by atoms with E-state index in [4.69, 9.17) is 5.73 Å². The van der Waals surface area contributed by atoms with Gasteiger partial charge in [-0.1, -0.05) is 38.2 Å². The maximum atomic E-state index is 12.6. The Morgan fingerprint density at radius 3 is 2.61 bits per heavy atom. The molecule has 0 bridgehead atoms. The Labute approximate surface area is 111 Å². The average molecular weight is 249 g/mol. The molecule has 2 N–H and O–H groups in total. The van der Waals surface area contributed by atoms with Crippen LogP contribution in [0.1, 0.15) is 70.6 Å². The summed E-state index contributed by atoms with van der Waals surface area (Å²) < 4.78 is 0. The third-order valence-corrected chi connectivity index (χ3v) is 4.51. The molecule has 0 aromatic heterocycles. The third-order valence-electron chi connectivity index (χ3n) is 4.51. The van der Waals surface area contributed by atoms with Crippen molar-refractivity contribution in [3.8, 4) is 0 Å². The largest absolute Gasteiger partial charge is 0.327 e. The number of rotatable bonds is 2. The number of carbonyl (C=O) groups excluding carboxylic acids is 1. The predicted molar refractivity (Wildman–Crippen MR) is 75.3 cm³/mol. The zero-order chi connectivity index (χ0) is 12.8. The Kier molecular flexibility index (Phi) is 5.43. The van der Waals surface area contributed by atoms with Crippen LogP contribution in [0.4, 0.5) is 0 Å². The number of hydrogen-bond donors (Lipinski definition) is 1. The first-order valence-electron chi connectivity index (χ1n) is 7.78. The van der Waals surface area contributed by atoms with Gasteiger partial charge in [-0.05, 0) is 44.1 Å². The summed E-state index contributed by atoms with van der Waals surface area (Å²) in [5, 5.41) is 0. The van der Waals surface area contributed by atoms with Crippen molar-refractivity contribution in [1.82, 2.24) is 0 Å². The Bertz CT molecular complexity index is 308. The standard InChI is InChI=1S/C16H27NO/c17-15-12-8-4-7-11-14(15)16(18)13-9-5-2-1-3-6-10-13/h9,14-15H,1-8,10-12,17H2. The van der Waals surface area contributed by atoms with Crippen molar-refractivity contribution in [2.24, 2.45) is 11.7 Å². The molecule has 2 aliphatic carbocycles. The molecule has 102 valence electrons. The Balaban J connectivity index is 2.03. The highest BCUT2D eigenvalue weighted by molar-refractivity contribution is 5.97. The van der Waals surface area contributed by atoms with E-state index in [-0.39, 0.29) is 12.0 Å². The van der Waals surface area contributed by atoms with Crippen molar-refractivity contribution < 1.29 is 4.79 Å². The van der Waals surface area contributed by atoms with Crippen molar-refractivity contribution in [2.75, 3.05) is 0 Å². The lowest BCUT2D eigenvalue weighted by molar-refractivity contribution is -0.120. The van der Waals surface area contributed by atoms with Crippen LogP contribution in [0.25, 0.3) is 0 Å². The van der Waals surface area contributed by atoms with Crippen molar-refractivity contribution in [2.45, 2.75) is 76.7 Å². The van der Waals surface area contributed by atoms with E-state index in [1.54, 1.807) is 0 Å². The fraction of sp³-hybridized carbons (Fsp3) is 0.812. The molecule has 0 saturated heterocycles. The highest BCUT2D eigenvalue weighted by Gasteiger charge is 2.28. The summed E-state index contributed by atoms with van der Waals surface area (Å²) in [4.78, 5) is 12.6. The minimum Gasteiger partial charge on any atom is -0.327 e. The predicted octanol–water partition coefficient (Wildman–Crippen LogP) is 3.74. The molecule has 1 fully saturated rings. The Hall–Kier alpha value is -0.630. The molecule has 2 nitrogen and oxygen atoms in total. The van der Waals surface area contributed by atoms with Crippen LogP contribution in [0.5, 0.6) is 0 Å². The van der Waals surface area contributed by atoms with Gasteiger partial charge in [-0.2, -0.15) is 0 Å². The summed E-state index contributed by atoms with van der Waals surface area (Å²) in [5.74, 6) is 0.490. The molecule has 0 heterocycles. The number of ketones is 1. The van der Waals surface area contributed by atoms with Gasteiger partial charge in [0.15, 0.2) is 5.78 Å². The molecule has 0 aromatic carbocycles. The van der Waals surface area contributed by atoms with Crippen molar-refractivity contribution in [3.63, 3.8) is 0 Å². The zero-order valence-corrected chi connectivity index (χ0v) is 11.5. The third kappa shape index (κ3) is 3.68. The van der Waals surface area contributed by atoms with E-state index in [2.05, 4.69) is 6.08 Å². The van der Waals surface area contributed by atoms with Gasteiger partial charge in [0.2, 0.25) is 0 Å². The van der Waals surface area contributed by atoms with E-state index in [0.717, 1.165) is 31.3 Å². The molecule has 0 spiro atoms. The van der Waals surface area contributed by atoms with Gasteiger partial charge in [0.1, 0.15) is 0 Å². The van der Waals surface area contributed by atoms with Gasteiger partial charge in [-0.25, -0.2) is 0 Å². The minimum absolute atomic E-state index is 0.103. The van der Waals surface area contributed by atoms with Gasteiger partial charge in [0.25, 0.3) is 0 Å². The lowest BCUT2D eigenvalue weighted by atomic mass is 9.84. The molecule has 2 heteroatoms. The molecule has 0 aromatic rings. The summed E-state index contributed by atoms with van der Waals surface area (Å²) >= 11 is 0. The van der Waals surface area contributed by atoms with Crippen molar-refractivity contribution >= 4 is 5.78 Å². The second kappa shape index (κ2) is 7.08. The Morgan fingerprint density at radius 1 is 1.00 bits per heavy atom. The van der Waals surface area contributed by atoms with E-state index >= 15 is 0 Å². The van der Waals surface area contributed by atoms with E-state index in [0.29, 0.717) is 5.78 Å². The van der Waals surface area contributed by atoms with E-state index in [1.165, 1.54) is 44.9 Å². The van der Waals surface area contributed by atoms with Crippen LogP contribution in [-0.2, 0) is 4.79 Å². The fourth-order valence-corrected chi connectivity index (χ4v) is 3.32. The summed E-state index contributed by atoms with van der Waals surface area (Å²) in [6, 6.07) is 0.103. The normalized spacial score (nSPS) is 30.8. The second-order valence-electron chi connectivity index (χ2n) is 5.95. The van der Waals surface area contributed by atoms with Crippen LogP contribution in [-0.4, -0.2) is 11.8 Å². The maximum absolute atomic E-state index is 12.6. The Morgan fingerprint density at radius 2 is 1.72 bits per heavy atom. The van der Waals surface area contributed by atoms with Crippen LogP contribution in [0.2, 0.25) is 0 Å². The van der Waals surface area contributed by atoms with E-state index in [9.17, 15) is 4.79 Å². The molecule has 18 heavy (non-hydrogen) atoms. The van der Waals surface area contributed by atoms with Gasteiger partial charge >= 0.3 is 0 Å². The average Bonchev–Trinajstić information content (AvgIpc) is 2.52. The molecule has 1 saturated carbocycles. The molecule has 0 aliphatic heterocycles. The molecule has 2 atom stereocenters. The van der Waals surface area contributed by atoms with Crippen LogP contribution in [0.15, 0.2) is 11.6 Å². The smallest absolute Gasteiger partial charge is 0.163 e. The van der Waals surface area contributed by atoms with Crippen LogP contribution in [0, 0.1) is 5.92 Å². The van der Waals surface area contributed by atoms with Crippen molar-refractivity contribution in [3.05, 3.63) is 11.6 Å². The van der Waals surface area contributed by atoms with Gasteiger partial charge in [-0.15, -0.1) is 0 Å². The minimum atomic E-state index is 0.103. The van der Waals surface area contributed by atoms with E-state index in [1.807, 2.05) is 0 Å². The summed E-state index contributed by atoms with van der Waals surface area (Å²) in [5.41, 5.74) is 7.30. The molecule has 0 amide bonds. The highest BCUT2D eigenvalue weighted by atomic mass is 16.1. The first-order valence-corrected chi connectivity index (χ1v) is 7.78. The van der Waals surface area contributed by atoms with E-state index < -0.39 is 0 Å². The van der Waals surface area contributed by atoms with Gasteiger partial charge < -0.3 is 5.73 Å². The monoisotopic (exact) mass is 249 g/mol. The fourth-order valence-electron chi connectivity index (χ4n) is 3.32. The van der Waals surface area contributed by atoms with Crippen LogP contribution in [0.3, 0.4) is 0 Å². The quantitative estimate of drug-likeness (QED) is 0.757. The molecule has 0 radical (unpaired) electrons. The summed E-state index contributed by atoms with van der Waals surface area (Å²) in [7, 11) is 0. The second-order valence-corrected chi connectivity index (χ2v) is 5.95. The van der Waals surface area contributed by atoms with Crippen LogP contribution >= 0.6 is 0 Å². The lowest BCUT2D eigenvalue weighted by Gasteiger charge is -2.22. The molecular weight excluding hydrogens is 222 g/mol. The van der Waals surface area contributed by atoms with Crippen LogP contribution < -0.4 is 5.73 Å². The molecule has 2 unspecified atom stereocenters. The summed E-state index contributed by atoms with van der Waals surface area (Å²) in [6.07, 6.45) is 15.0. The molecular formula is C16H27NO. The first kappa shape index (κ1) is 13.8. The molecule has 2 aliphatic rings. The number of hydrogen-bond acceptors (Lipinski definition) is 2. The topological polar surface area (TPSA) is 43.1 Å². The van der Waals surface area contributed by atoms with Crippen molar-refractivity contribution in [1.29, 1.82) is 0 Å². The molecule has 2 rings (SSSR count). The number of nitrogens with two attached hydrogens (primary N) is 1. The highest BCUT2D eigenvalue weighted by Crippen LogP contribution is 2.28. The number of allylic oxidation sites excluding steroid dienone is 2. The lowest BCUT2D eigenvalue weighted by Crippen LogP contribution is -2.35.